The maximum Gasteiger partial charge on any atom is 0.0254 e. The first-order chi connectivity index (χ1) is 8.63. The molecule has 4 unspecified atom stereocenters. The molecule has 0 radical (unpaired) electrons. The lowest BCUT2D eigenvalue weighted by molar-refractivity contribution is 0.124. The van der Waals surface area contributed by atoms with Crippen molar-refractivity contribution < 1.29 is 0 Å². The van der Waals surface area contributed by atoms with Gasteiger partial charge in [0.1, 0.15) is 0 Å². The minimum Gasteiger partial charge on any atom is -0.309 e. The van der Waals surface area contributed by atoms with E-state index in [0.29, 0.717) is 6.04 Å². The van der Waals surface area contributed by atoms with Crippen molar-refractivity contribution in [2.45, 2.75) is 77.4 Å². The van der Waals surface area contributed by atoms with E-state index in [-0.39, 0.29) is 0 Å². The molecule has 2 aliphatic rings. The van der Waals surface area contributed by atoms with Crippen LogP contribution in [0.2, 0.25) is 0 Å². The topological polar surface area (TPSA) is 15.3 Å². The molecule has 18 heavy (non-hydrogen) atoms. The molecule has 2 rings (SSSR count). The number of hydrogen-bond donors (Lipinski definition) is 1. The molecule has 2 fully saturated rings. The van der Waals surface area contributed by atoms with Gasteiger partial charge in [0.2, 0.25) is 0 Å². The first-order valence-corrected chi connectivity index (χ1v) is 8.09. The lowest BCUT2D eigenvalue weighted by Gasteiger charge is -2.40. The van der Waals surface area contributed by atoms with Gasteiger partial charge in [0.25, 0.3) is 0 Å². The van der Waals surface area contributed by atoms with Gasteiger partial charge in [-0.3, -0.25) is 0 Å². The molecule has 1 aliphatic heterocycles. The summed E-state index contributed by atoms with van der Waals surface area (Å²) in [5, 5.41) is 3.99. The van der Waals surface area contributed by atoms with Crippen LogP contribution in [0.4, 0.5) is 0 Å². The van der Waals surface area contributed by atoms with Gasteiger partial charge in [0, 0.05) is 18.1 Å². The van der Waals surface area contributed by atoms with Gasteiger partial charge >= 0.3 is 0 Å². The number of rotatable bonds is 6. The Morgan fingerprint density at radius 3 is 2.44 bits per heavy atom. The molecule has 1 N–H and O–H groups in total. The third kappa shape index (κ3) is 3.48. The average Bonchev–Trinajstić information content (AvgIpc) is 3.20. The highest BCUT2D eigenvalue weighted by Gasteiger charge is 2.39. The van der Waals surface area contributed by atoms with Gasteiger partial charge in [0.15, 0.2) is 0 Å². The van der Waals surface area contributed by atoms with Crippen LogP contribution in [0.15, 0.2) is 0 Å². The Labute approximate surface area is 114 Å². The fraction of sp³-hybridized carbons (Fsp3) is 1.00. The van der Waals surface area contributed by atoms with E-state index in [4.69, 9.17) is 0 Å². The fourth-order valence-corrected chi connectivity index (χ4v) is 3.39. The van der Waals surface area contributed by atoms with E-state index in [1.807, 2.05) is 0 Å². The molecule has 1 aliphatic carbocycles. The predicted molar refractivity (Wildman–Crippen MR) is 78.8 cm³/mol. The van der Waals surface area contributed by atoms with Crippen LogP contribution in [0.3, 0.4) is 0 Å². The minimum absolute atomic E-state index is 0.663. The SMILES string of the molecule is CCC(C)C(C)NC(C1CC1)C1CCCCN1C. The highest BCUT2D eigenvalue weighted by Crippen LogP contribution is 2.37. The van der Waals surface area contributed by atoms with Gasteiger partial charge in [0.05, 0.1) is 0 Å². The molecular formula is C16H32N2. The Morgan fingerprint density at radius 1 is 1.17 bits per heavy atom. The van der Waals surface area contributed by atoms with Crippen molar-refractivity contribution in [2.75, 3.05) is 13.6 Å². The van der Waals surface area contributed by atoms with Crippen molar-refractivity contribution in [3.8, 4) is 0 Å². The number of hydrogen-bond acceptors (Lipinski definition) is 2. The second kappa shape index (κ2) is 6.38. The van der Waals surface area contributed by atoms with E-state index >= 15 is 0 Å². The quantitative estimate of drug-likeness (QED) is 0.780. The number of nitrogens with zero attached hydrogens (tertiary/aromatic N) is 1. The lowest BCUT2D eigenvalue weighted by atomic mass is 9.91. The second-order valence-corrected chi connectivity index (χ2v) is 6.75. The van der Waals surface area contributed by atoms with Gasteiger partial charge < -0.3 is 10.2 Å². The largest absolute Gasteiger partial charge is 0.309 e. The van der Waals surface area contributed by atoms with Crippen molar-refractivity contribution in [1.82, 2.24) is 10.2 Å². The van der Waals surface area contributed by atoms with E-state index in [0.717, 1.165) is 23.9 Å². The molecular weight excluding hydrogens is 220 g/mol. The second-order valence-electron chi connectivity index (χ2n) is 6.75. The number of nitrogens with one attached hydrogen (secondary N) is 1. The predicted octanol–water partition coefficient (Wildman–Crippen LogP) is 3.27. The Bertz CT molecular complexity index is 249. The first-order valence-electron chi connectivity index (χ1n) is 8.09. The summed E-state index contributed by atoms with van der Waals surface area (Å²) in [4.78, 5) is 2.61. The van der Waals surface area contributed by atoms with Crippen LogP contribution < -0.4 is 5.32 Å². The van der Waals surface area contributed by atoms with E-state index in [9.17, 15) is 0 Å². The van der Waals surface area contributed by atoms with Gasteiger partial charge in [-0.25, -0.2) is 0 Å². The van der Waals surface area contributed by atoms with Crippen LogP contribution in [0.1, 0.15) is 59.3 Å². The Morgan fingerprint density at radius 2 is 1.89 bits per heavy atom. The van der Waals surface area contributed by atoms with Gasteiger partial charge in [-0.2, -0.15) is 0 Å². The van der Waals surface area contributed by atoms with Crippen LogP contribution in [0, 0.1) is 11.8 Å². The molecule has 1 heterocycles. The van der Waals surface area contributed by atoms with Crippen molar-refractivity contribution in [3.05, 3.63) is 0 Å². The highest BCUT2D eigenvalue weighted by atomic mass is 15.2. The first kappa shape index (κ1) is 14.3. The summed E-state index contributed by atoms with van der Waals surface area (Å²) in [6.45, 7) is 8.37. The number of likely N-dealkylation sites (N-methyl/N-ethyl adjacent to an activating group) is 1. The summed E-state index contributed by atoms with van der Waals surface area (Å²) < 4.78 is 0. The van der Waals surface area contributed by atoms with Crippen LogP contribution >= 0.6 is 0 Å². The molecule has 1 saturated carbocycles. The molecule has 0 aromatic rings. The molecule has 106 valence electrons. The maximum atomic E-state index is 3.99. The summed E-state index contributed by atoms with van der Waals surface area (Å²) in [6, 6.07) is 2.20. The summed E-state index contributed by atoms with van der Waals surface area (Å²) >= 11 is 0. The Hall–Kier alpha value is -0.0800. The minimum atomic E-state index is 0.663. The smallest absolute Gasteiger partial charge is 0.0254 e. The van der Waals surface area contributed by atoms with Crippen molar-refractivity contribution >= 4 is 0 Å². The zero-order valence-electron chi connectivity index (χ0n) is 12.8. The van der Waals surface area contributed by atoms with E-state index < -0.39 is 0 Å². The normalized spacial score (nSPS) is 31.0. The monoisotopic (exact) mass is 252 g/mol. The fourth-order valence-electron chi connectivity index (χ4n) is 3.39. The molecule has 2 heteroatoms. The Kier molecular flexibility index (Phi) is 5.08. The number of piperidine rings is 1. The van der Waals surface area contributed by atoms with Crippen molar-refractivity contribution in [3.63, 3.8) is 0 Å². The third-order valence-corrected chi connectivity index (χ3v) is 5.32. The van der Waals surface area contributed by atoms with Gasteiger partial charge in [-0.1, -0.05) is 26.7 Å². The Balaban J connectivity index is 1.94. The summed E-state index contributed by atoms with van der Waals surface area (Å²) in [7, 11) is 2.33. The van der Waals surface area contributed by atoms with Crippen LogP contribution in [0.25, 0.3) is 0 Å². The molecule has 0 bridgehead atoms. The lowest BCUT2D eigenvalue weighted by Crippen LogP contribution is -2.55. The number of likely N-dealkylation sites (tertiary alicyclic amines) is 1. The molecule has 0 aromatic carbocycles. The van der Waals surface area contributed by atoms with Crippen molar-refractivity contribution in [2.24, 2.45) is 11.8 Å². The molecule has 0 amide bonds. The molecule has 1 saturated heterocycles. The third-order valence-electron chi connectivity index (χ3n) is 5.32. The molecule has 2 nitrogen and oxygen atoms in total. The average molecular weight is 252 g/mol. The van der Waals surface area contributed by atoms with Gasteiger partial charge in [-0.05, 0) is 58.0 Å². The zero-order chi connectivity index (χ0) is 13.1. The zero-order valence-corrected chi connectivity index (χ0v) is 12.8. The van der Waals surface area contributed by atoms with Crippen LogP contribution in [0.5, 0.6) is 0 Å². The van der Waals surface area contributed by atoms with Crippen molar-refractivity contribution in [1.29, 1.82) is 0 Å². The summed E-state index contributed by atoms with van der Waals surface area (Å²) in [5.41, 5.74) is 0. The maximum absolute atomic E-state index is 3.99. The summed E-state index contributed by atoms with van der Waals surface area (Å²) in [6.07, 6.45) is 8.41. The van der Waals surface area contributed by atoms with E-state index in [1.165, 1.54) is 45.1 Å². The van der Waals surface area contributed by atoms with Gasteiger partial charge in [-0.15, -0.1) is 0 Å². The van der Waals surface area contributed by atoms with Crippen LogP contribution in [-0.4, -0.2) is 36.6 Å². The van der Waals surface area contributed by atoms with E-state index in [2.05, 4.69) is 38.0 Å². The van der Waals surface area contributed by atoms with Crippen LogP contribution in [-0.2, 0) is 0 Å². The standard InChI is InChI=1S/C16H32N2/c1-5-12(2)13(3)17-16(14-9-10-14)15-8-6-7-11-18(15)4/h12-17H,5-11H2,1-4H3. The highest BCUT2D eigenvalue weighted by molar-refractivity contribution is 4.97. The molecule has 0 aromatic heterocycles. The molecule has 0 spiro atoms. The molecule has 4 atom stereocenters. The van der Waals surface area contributed by atoms with E-state index in [1.54, 1.807) is 0 Å². The summed E-state index contributed by atoms with van der Waals surface area (Å²) in [5.74, 6) is 1.75.